The van der Waals surface area contributed by atoms with Crippen molar-refractivity contribution in [3.8, 4) is 6.07 Å². The fraction of sp³-hybridized carbons (Fsp3) is 0.316. The van der Waals surface area contributed by atoms with Gasteiger partial charge in [0, 0.05) is 22.7 Å². The van der Waals surface area contributed by atoms with E-state index in [2.05, 4.69) is 4.98 Å². The predicted octanol–water partition coefficient (Wildman–Crippen LogP) is 3.75. The van der Waals surface area contributed by atoms with E-state index in [1.165, 1.54) is 0 Å². The van der Waals surface area contributed by atoms with Crippen LogP contribution < -0.4 is 5.56 Å². The van der Waals surface area contributed by atoms with E-state index in [0.717, 1.165) is 11.1 Å². The van der Waals surface area contributed by atoms with Gasteiger partial charge in [-0.2, -0.15) is 5.26 Å². The Morgan fingerprint density at radius 2 is 2.04 bits per heavy atom. The Balaban J connectivity index is 2.07. The molecule has 0 aliphatic rings. The minimum absolute atomic E-state index is 0.0819. The molecular weight excluding hydrogens is 340 g/mol. The van der Waals surface area contributed by atoms with Crippen LogP contribution in [0.3, 0.4) is 0 Å². The number of halogens is 1. The van der Waals surface area contributed by atoms with Crippen molar-refractivity contribution < 1.29 is 9.53 Å². The Bertz CT molecular complexity index is 897. The minimum atomic E-state index is -0.450. The van der Waals surface area contributed by atoms with Crippen molar-refractivity contribution in [2.24, 2.45) is 0 Å². The first-order valence-electron chi connectivity index (χ1n) is 7.91. The molecule has 0 saturated heterocycles. The number of esters is 1. The van der Waals surface area contributed by atoms with Gasteiger partial charge in [-0.05, 0) is 44.4 Å². The van der Waals surface area contributed by atoms with Gasteiger partial charge in [0.25, 0.3) is 5.56 Å². The van der Waals surface area contributed by atoms with Gasteiger partial charge in [0.05, 0.1) is 0 Å². The summed E-state index contributed by atoms with van der Waals surface area (Å²) in [6.45, 7) is 5.24. The summed E-state index contributed by atoms with van der Waals surface area (Å²) in [6, 6.07) is 9.12. The van der Waals surface area contributed by atoms with Gasteiger partial charge >= 0.3 is 5.97 Å². The van der Waals surface area contributed by atoms with E-state index in [4.69, 9.17) is 21.6 Å². The highest BCUT2D eigenvalue weighted by Gasteiger charge is 2.17. The molecule has 0 radical (unpaired) electrons. The number of aryl methyl sites for hydroxylation is 1. The highest BCUT2D eigenvalue weighted by molar-refractivity contribution is 6.31. The average Bonchev–Trinajstić information content (AvgIpc) is 2.55. The van der Waals surface area contributed by atoms with Crippen LogP contribution in [0, 0.1) is 25.2 Å². The number of hydrogen-bond donors (Lipinski definition) is 1. The Kier molecular flexibility index (Phi) is 6.00. The van der Waals surface area contributed by atoms with Crippen LogP contribution in [-0.2, 0) is 16.0 Å². The number of carbonyl (C=O) groups is 1. The molecule has 0 spiro atoms. The van der Waals surface area contributed by atoms with Crippen molar-refractivity contribution in [3.63, 3.8) is 0 Å². The van der Waals surface area contributed by atoms with Crippen LogP contribution in [0.2, 0.25) is 5.02 Å². The molecule has 1 N–H and O–H groups in total. The molecule has 6 heteroatoms. The number of H-pyrrole nitrogens is 1. The molecule has 0 aliphatic heterocycles. The summed E-state index contributed by atoms with van der Waals surface area (Å²) in [5, 5.41) is 9.64. The summed E-state index contributed by atoms with van der Waals surface area (Å²) >= 11 is 6.11. The second-order valence-corrected chi connectivity index (χ2v) is 6.23. The number of ether oxygens (including phenoxy) is 1. The quantitative estimate of drug-likeness (QED) is 0.825. The van der Waals surface area contributed by atoms with Crippen LogP contribution >= 0.6 is 11.6 Å². The third kappa shape index (κ3) is 4.28. The number of nitrogens with one attached hydrogen (secondary N) is 1. The molecule has 25 heavy (non-hydrogen) atoms. The summed E-state index contributed by atoms with van der Waals surface area (Å²) in [6.07, 6.45) is 0.0820. The zero-order valence-corrected chi connectivity index (χ0v) is 15.1. The molecule has 0 aliphatic carbocycles. The lowest BCUT2D eigenvalue weighted by Gasteiger charge is -2.15. The summed E-state index contributed by atoms with van der Waals surface area (Å²) in [7, 11) is 0. The lowest BCUT2D eigenvalue weighted by Crippen LogP contribution is -2.17. The van der Waals surface area contributed by atoms with Gasteiger partial charge in [-0.1, -0.05) is 29.8 Å². The fourth-order valence-electron chi connectivity index (χ4n) is 2.77. The van der Waals surface area contributed by atoms with Crippen LogP contribution in [0.4, 0.5) is 0 Å². The zero-order chi connectivity index (χ0) is 18.6. The number of benzene rings is 1. The van der Waals surface area contributed by atoms with Crippen LogP contribution in [0.15, 0.2) is 29.1 Å². The predicted molar refractivity (Wildman–Crippen MR) is 95.5 cm³/mol. The van der Waals surface area contributed by atoms with E-state index in [0.29, 0.717) is 22.7 Å². The van der Waals surface area contributed by atoms with Gasteiger partial charge in [-0.15, -0.1) is 0 Å². The van der Waals surface area contributed by atoms with Crippen LogP contribution in [0.5, 0.6) is 0 Å². The number of aromatic amines is 1. The molecule has 0 bridgehead atoms. The van der Waals surface area contributed by atoms with E-state index >= 15 is 0 Å². The third-order valence-electron chi connectivity index (χ3n) is 4.15. The van der Waals surface area contributed by atoms with Crippen molar-refractivity contribution >= 4 is 17.6 Å². The number of carbonyl (C=O) groups excluding carboxylic acids is 1. The molecule has 0 fully saturated rings. The molecule has 1 atom stereocenters. The number of pyridine rings is 1. The van der Waals surface area contributed by atoms with Crippen molar-refractivity contribution in [2.75, 3.05) is 0 Å². The van der Waals surface area contributed by atoms with Crippen LogP contribution in [-0.4, -0.2) is 11.0 Å². The lowest BCUT2D eigenvalue weighted by molar-refractivity contribution is -0.148. The van der Waals surface area contributed by atoms with Gasteiger partial charge in [0.15, 0.2) is 0 Å². The molecule has 1 heterocycles. The molecular formula is C19H19ClN2O3. The first-order chi connectivity index (χ1) is 11.8. The van der Waals surface area contributed by atoms with E-state index in [9.17, 15) is 9.59 Å². The monoisotopic (exact) mass is 358 g/mol. The van der Waals surface area contributed by atoms with Gasteiger partial charge in [-0.25, -0.2) is 0 Å². The van der Waals surface area contributed by atoms with Crippen molar-refractivity contribution in [3.05, 3.63) is 67.6 Å². The van der Waals surface area contributed by atoms with Crippen molar-refractivity contribution in [1.29, 1.82) is 5.26 Å². The molecule has 0 saturated carbocycles. The summed E-state index contributed by atoms with van der Waals surface area (Å²) in [5.74, 6) is -0.365. The number of rotatable bonds is 5. The number of nitriles is 1. The Hall–Kier alpha value is -2.58. The number of hydrogen-bond acceptors (Lipinski definition) is 4. The Labute approximate surface area is 151 Å². The maximum absolute atomic E-state index is 12.2. The van der Waals surface area contributed by atoms with Crippen molar-refractivity contribution in [2.45, 2.75) is 39.7 Å². The average molecular weight is 359 g/mol. The topological polar surface area (TPSA) is 83.0 Å². The first-order valence-corrected chi connectivity index (χ1v) is 8.29. The standard InChI is InChI=1S/C19H19ClN2O3/c1-11-14(12(2)22-19(24)16(11)10-21)8-9-18(23)25-13(3)15-6-4-5-7-17(15)20/h4-7,13H,8-9H2,1-3H3,(H,22,24). The van der Waals surface area contributed by atoms with E-state index in [1.54, 1.807) is 26.8 Å². The van der Waals surface area contributed by atoms with E-state index in [-0.39, 0.29) is 18.0 Å². The highest BCUT2D eigenvalue weighted by atomic mass is 35.5. The fourth-order valence-corrected chi connectivity index (χ4v) is 3.06. The zero-order valence-electron chi connectivity index (χ0n) is 14.4. The van der Waals surface area contributed by atoms with Gasteiger partial charge in [0.2, 0.25) is 0 Å². The third-order valence-corrected chi connectivity index (χ3v) is 4.49. The summed E-state index contributed by atoms with van der Waals surface area (Å²) in [5.41, 5.74) is 2.48. The normalized spacial score (nSPS) is 11.6. The molecule has 0 amide bonds. The largest absolute Gasteiger partial charge is 0.458 e. The van der Waals surface area contributed by atoms with Gasteiger partial charge in [-0.3, -0.25) is 9.59 Å². The molecule has 1 aromatic heterocycles. The maximum atomic E-state index is 12.2. The molecule has 1 aromatic carbocycles. The Morgan fingerprint density at radius 3 is 2.68 bits per heavy atom. The van der Waals surface area contributed by atoms with E-state index in [1.807, 2.05) is 24.3 Å². The molecule has 2 rings (SSSR count). The number of aromatic nitrogens is 1. The Morgan fingerprint density at radius 1 is 1.36 bits per heavy atom. The van der Waals surface area contributed by atoms with Gasteiger partial charge < -0.3 is 9.72 Å². The second-order valence-electron chi connectivity index (χ2n) is 5.82. The van der Waals surface area contributed by atoms with Crippen LogP contribution in [0.25, 0.3) is 0 Å². The molecule has 130 valence electrons. The number of nitrogens with zero attached hydrogens (tertiary/aromatic N) is 1. The van der Waals surface area contributed by atoms with Crippen LogP contribution in [0.1, 0.15) is 47.4 Å². The maximum Gasteiger partial charge on any atom is 0.306 e. The van der Waals surface area contributed by atoms with Crippen molar-refractivity contribution in [1.82, 2.24) is 4.98 Å². The summed E-state index contributed by atoms with van der Waals surface area (Å²) in [4.78, 5) is 26.5. The highest BCUT2D eigenvalue weighted by Crippen LogP contribution is 2.25. The molecule has 2 aromatic rings. The molecule has 1 unspecified atom stereocenters. The molecule has 5 nitrogen and oxygen atoms in total. The summed E-state index contributed by atoms with van der Waals surface area (Å²) < 4.78 is 5.44. The van der Waals surface area contributed by atoms with E-state index < -0.39 is 11.7 Å². The second kappa shape index (κ2) is 8.00. The van der Waals surface area contributed by atoms with Gasteiger partial charge in [0.1, 0.15) is 17.7 Å². The SMILES string of the molecule is Cc1[nH]c(=O)c(C#N)c(C)c1CCC(=O)OC(C)c1ccccc1Cl. The minimum Gasteiger partial charge on any atom is -0.458 e. The smallest absolute Gasteiger partial charge is 0.306 e. The lowest BCUT2D eigenvalue weighted by atomic mass is 9.99. The first kappa shape index (κ1) is 18.8.